The standard InChI is InChI=1S/C9H19N3O2/c1-2-12-5-3-8(4-6-12)11-14-7-9(10)13/h8,11H,2-7H2,1H3,(H2,10,13). The number of hydroxylamine groups is 1. The van der Waals surface area contributed by atoms with Crippen LogP contribution in [0.3, 0.4) is 0 Å². The van der Waals surface area contributed by atoms with Crippen LogP contribution >= 0.6 is 0 Å². The monoisotopic (exact) mass is 201 g/mol. The van der Waals surface area contributed by atoms with Crippen LogP contribution in [0.15, 0.2) is 0 Å². The molecule has 1 aliphatic rings. The summed E-state index contributed by atoms with van der Waals surface area (Å²) in [5.41, 5.74) is 7.81. The van der Waals surface area contributed by atoms with E-state index >= 15 is 0 Å². The zero-order valence-corrected chi connectivity index (χ0v) is 8.66. The molecule has 0 bridgehead atoms. The number of hydrogen-bond acceptors (Lipinski definition) is 4. The van der Waals surface area contributed by atoms with E-state index in [1.807, 2.05) is 0 Å². The second-order valence-corrected chi connectivity index (χ2v) is 3.58. The molecular formula is C9H19N3O2. The van der Waals surface area contributed by atoms with Crippen molar-refractivity contribution in [2.24, 2.45) is 5.73 Å². The van der Waals surface area contributed by atoms with E-state index in [-0.39, 0.29) is 6.61 Å². The lowest BCUT2D eigenvalue weighted by Gasteiger charge is -2.30. The molecule has 14 heavy (non-hydrogen) atoms. The molecule has 0 radical (unpaired) electrons. The van der Waals surface area contributed by atoms with Gasteiger partial charge < -0.3 is 10.6 Å². The largest absolute Gasteiger partial charge is 0.368 e. The first-order chi connectivity index (χ1) is 6.72. The van der Waals surface area contributed by atoms with E-state index in [4.69, 9.17) is 10.6 Å². The molecule has 0 atom stereocenters. The Hall–Kier alpha value is -0.650. The Kier molecular flexibility index (Phi) is 4.86. The summed E-state index contributed by atoms with van der Waals surface area (Å²) in [6.45, 7) is 5.41. The summed E-state index contributed by atoms with van der Waals surface area (Å²) in [6.07, 6.45) is 2.12. The van der Waals surface area contributed by atoms with Crippen LogP contribution in [0.2, 0.25) is 0 Å². The fourth-order valence-corrected chi connectivity index (χ4v) is 1.60. The minimum absolute atomic E-state index is 0.0476. The van der Waals surface area contributed by atoms with Crippen molar-refractivity contribution in [3.63, 3.8) is 0 Å². The summed E-state index contributed by atoms with van der Waals surface area (Å²) in [5, 5.41) is 0. The molecule has 1 saturated heterocycles. The van der Waals surface area contributed by atoms with E-state index in [2.05, 4.69) is 17.3 Å². The first-order valence-electron chi connectivity index (χ1n) is 5.10. The van der Waals surface area contributed by atoms with Gasteiger partial charge in [0.05, 0.1) is 0 Å². The van der Waals surface area contributed by atoms with E-state index in [0.29, 0.717) is 6.04 Å². The van der Waals surface area contributed by atoms with E-state index in [1.54, 1.807) is 0 Å². The number of amides is 1. The Labute approximate surface area is 84.5 Å². The van der Waals surface area contributed by atoms with Crippen LogP contribution < -0.4 is 11.2 Å². The van der Waals surface area contributed by atoms with Crippen LogP contribution in [0.5, 0.6) is 0 Å². The molecule has 5 heteroatoms. The number of carbonyl (C=O) groups excluding carboxylic acids is 1. The molecule has 82 valence electrons. The number of piperidine rings is 1. The van der Waals surface area contributed by atoms with Gasteiger partial charge in [0.2, 0.25) is 5.91 Å². The smallest absolute Gasteiger partial charge is 0.245 e. The summed E-state index contributed by atoms with van der Waals surface area (Å²) in [7, 11) is 0. The second-order valence-electron chi connectivity index (χ2n) is 3.58. The van der Waals surface area contributed by atoms with Crippen LogP contribution in [0.1, 0.15) is 19.8 Å². The van der Waals surface area contributed by atoms with Crippen molar-refractivity contribution in [3.05, 3.63) is 0 Å². The lowest BCUT2D eigenvalue weighted by Crippen LogP contribution is -2.43. The SMILES string of the molecule is CCN1CCC(NOCC(N)=O)CC1. The van der Waals surface area contributed by atoms with Crippen LogP contribution in [-0.2, 0) is 9.63 Å². The van der Waals surface area contributed by atoms with E-state index < -0.39 is 5.91 Å². The molecule has 0 saturated carbocycles. The van der Waals surface area contributed by atoms with Crippen LogP contribution in [0.25, 0.3) is 0 Å². The molecule has 0 spiro atoms. The van der Waals surface area contributed by atoms with Crippen molar-refractivity contribution in [2.75, 3.05) is 26.2 Å². The first-order valence-corrected chi connectivity index (χ1v) is 5.10. The number of hydrogen-bond donors (Lipinski definition) is 2. The number of rotatable bonds is 5. The molecule has 1 rings (SSSR count). The lowest BCUT2D eigenvalue weighted by atomic mass is 10.1. The fraction of sp³-hybridized carbons (Fsp3) is 0.889. The number of nitrogens with two attached hydrogens (primary N) is 1. The number of nitrogens with one attached hydrogen (secondary N) is 1. The van der Waals surface area contributed by atoms with Gasteiger partial charge in [0.25, 0.3) is 0 Å². The van der Waals surface area contributed by atoms with Crippen LogP contribution in [-0.4, -0.2) is 43.1 Å². The molecule has 3 N–H and O–H groups in total. The molecule has 0 aromatic heterocycles. The highest BCUT2D eigenvalue weighted by Crippen LogP contribution is 2.09. The number of likely N-dealkylation sites (tertiary alicyclic amines) is 1. The summed E-state index contributed by atoms with van der Waals surface area (Å²) in [4.78, 5) is 17.7. The van der Waals surface area contributed by atoms with Gasteiger partial charge in [-0.05, 0) is 32.5 Å². The molecule has 1 amide bonds. The Morgan fingerprint density at radius 2 is 2.21 bits per heavy atom. The Morgan fingerprint density at radius 3 is 2.71 bits per heavy atom. The van der Waals surface area contributed by atoms with Crippen molar-refractivity contribution in [1.29, 1.82) is 0 Å². The van der Waals surface area contributed by atoms with Crippen molar-refractivity contribution in [2.45, 2.75) is 25.8 Å². The highest BCUT2D eigenvalue weighted by molar-refractivity contribution is 5.74. The van der Waals surface area contributed by atoms with Gasteiger partial charge in [0, 0.05) is 6.04 Å². The summed E-state index contributed by atoms with van der Waals surface area (Å²) < 4.78 is 0. The van der Waals surface area contributed by atoms with Crippen molar-refractivity contribution >= 4 is 5.91 Å². The molecule has 1 fully saturated rings. The zero-order valence-electron chi connectivity index (χ0n) is 8.66. The van der Waals surface area contributed by atoms with Gasteiger partial charge in [-0.2, -0.15) is 5.48 Å². The average Bonchev–Trinajstić information content (AvgIpc) is 2.18. The van der Waals surface area contributed by atoms with E-state index in [0.717, 1.165) is 32.5 Å². The van der Waals surface area contributed by atoms with Crippen molar-refractivity contribution in [3.8, 4) is 0 Å². The summed E-state index contributed by atoms with van der Waals surface area (Å²) in [5.74, 6) is -0.441. The van der Waals surface area contributed by atoms with Crippen LogP contribution in [0, 0.1) is 0 Å². The quantitative estimate of drug-likeness (QED) is 0.587. The van der Waals surface area contributed by atoms with Gasteiger partial charge in [0.1, 0.15) is 6.61 Å². The second kappa shape index (κ2) is 5.95. The minimum Gasteiger partial charge on any atom is -0.368 e. The van der Waals surface area contributed by atoms with Gasteiger partial charge >= 0.3 is 0 Å². The summed E-state index contributed by atoms with van der Waals surface area (Å²) >= 11 is 0. The molecule has 0 aromatic carbocycles. The van der Waals surface area contributed by atoms with E-state index in [1.165, 1.54) is 0 Å². The first kappa shape index (κ1) is 11.4. The molecule has 1 heterocycles. The zero-order chi connectivity index (χ0) is 10.4. The third-order valence-electron chi connectivity index (χ3n) is 2.50. The fourth-order valence-electron chi connectivity index (χ4n) is 1.60. The molecule has 0 aliphatic carbocycles. The molecule has 0 unspecified atom stereocenters. The maximum Gasteiger partial charge on any atom is 0.245 e. The van der Waals surface area contributed by atoms with Gasteiger partial charge in [-0.15, -0.1) is 0 Å². The van der Waals surface area contributed by atoms with Gasteiger partial charge in [-0.1, -0.05) is 6.92 Å². The molecule has 0 aromatic rings. The minimum atomic E-state index is -0.441. The van der Waals surface area contributed by atoms with Crippen molar-refractivity contribution < 1.29 is 9.63 Å². The highest BCUT2D eigenvalue weighted by Gasteiger charge is 2.17. The van der Waals surface area contributed by atoms with Crippen LogP contribution in [0.4, 0.5) is 0 Å². The average molecular weight is 201 g/mol. The number of carbonyl (C=O) groups is 1. The topological polar surface area (TPSA) is 67.6 Å². The predicted molar refractivity (Wildman–Crippen MR) is 53.4 cm³/mol. The Balaban J connectivity index is 2.07. The maximum atomic E-state index is 10.4. The third-order valence-corrected chi connectivity index (χ3v) is 2.50. The number of primary amides is 1. The normalized spacial score (nSPS) is 19.8. The Morgan fingerprint density at radius 1 is 1.57 bits per heavy atom. The molecular weight excluding hydrogens is 182 g/mol. The van der Waals surface area contributed by atoms with E-state index in [9.17, 15) is 4.79 Å². The summed E-state index contributed by atoms with van der Waals surface area (Å²) in [6, 6.07) is 0.358. The predicted octanol–water partition coefficient (Wildman–Crippen LogP) is -0.523. The molecule has 5 nitrogen and oxygen atoms in total. The Bertz CT molecular complexity index is 179. The lowest BCUT2D eigenvalue weighted by molar-refractivity contribution is -0.126. The van der Waals surface area contributed by atoms with Gasteiger partial charge in [-0.3, -0.25) is 9.63 Å². The maximum absolute atomic E-state index is 10.4. The third kappa shape index (κ3) is 4.04. The van der Waals surface area contributed by atoms with Gasteiger partial charge in [0.15, 0.2) is 0 Å². The molecule has 1 aliphatic heterocycles. The van der Waals surface area contributed by atoms with Crippen molar-refractivity contribution in [1.82, 2.24) is 10.4 Å². The highest BCUT2D eigenvalue weighted by atomic mass is 16.6. The van der Waals surface area contributed by atoms with Gasteiger partial charge in [-0.25, -0.2) is 0 Å². The number of nitrogens with zero attached hydrogens (tertiary/aromatic N) is 1.